The maximum absolute atomic E-state index is 14.6. The Bertz CT molecular complexity index is 1270. The molecule has 5 aliphatic carbocycles. The first-order chi connectivity index (χ1) is 20.9. The monoisotopic (exact) mass is 624 g/mol. The van der Waals surface area contributed by atoms with Crippen molar-refractivity contribution < 1.29 is 23.9 Å². The van der Waals surface area contributed by atoms with E-state index in [1.807, 2.05) is 0 Å². The number of rotatable bonds is 3. The Balaban J connectivity index is 1.41. The molecule has 1 amide bonds. The van der Waals surface area contributed by atoms with Crippen molar-refractivity contribution >= 4 is 17.8 Å². The maximum Gasteiger partial charge on any atom is 0.303 e. The summed E-state index contributed by atoms with van der Waals surface area (Å²) in [7, 11) is 0. The van der Waals surface area contributed by atoms with Crippen molar-refractivity contribution in [3.05, 3.63) is 11.6 Å². The second kappa shape index (κ2) is 10.8. The zero-order chi connectivity index (χ0) is 32.8. The molecule has 1 heterocycles. The smallest absolute Gasteiger partial charge is 0.303 e. The number of hydrogen-bond acceptors (Lipinski definition) is 6. The minimum absolute atomic E-state index is 0.00300. The zero-order valence-corrected chi connectivity index (χ0v) is 29.6. The van der Waals surface area contributed by atoms with Crippen LogP contribution in [0, 0.1) is 50.2 Å². The van der Waals surface area contributed by atoms with Crippen LogP contribution in [0.5, 0.6) is 0 Å². The third-order valence-corrected chi connectivity index (χ3v) is 15.0. The van der Waals surface area contributed by atoms with Gasteiger partial charge in [0, 0.05) is 45.4 Å². The predicted molar refractivity (Wildman–Crippen MR) is 175 cm³/mol. The van der Waals surface area contributed by atoms with Gasteiger partial charge in [0.15, 0.2) is 0 Å². The van der Waals surface area contributed by atoms with E-state index in [-0.39, 0.29) is 50.3 Å². The van der Waals surface area contributed by atoms with Crippen LogP contribution < -0.4 is 5.32 Å². The van der Waals surface area contributed by atoms with E-state index in [4.69, 9.17) is 9.47 Å². The highest BCUT2D eigenvalue weighted by atomic mass is 16.6. The van der Waals surface area contributed by atoms with Gasteiger partial charge in [0.25, 0.3) is 0 Å². The number of allylic oxidation sites excluding steroid dienone is 2. The van der Waals surface area contributed by atoms with E-state index in [1.165, 1.54) is 13.8 Å². The van der Waals surface area contributed by atoms with Gasteiger partial charge in [-0.15, -0.1) is 0 Å². The van der Waals surface area contributed by atoms with Crippen molar-refractivity contribution in [2.24, 2.45) is 50.2 Å². The normalized spacial score (nSPS) is 45.0. The summed E-state index contributed by atoms with van der Waals surface area (Å²) < 4.78 is 12.0. The van der Waals surface area contributed by atoms with Gasteiger partial charge in [-0.3, -0.25) is 14.4 Å². The molecule has 7 heteroatoms. The quantitative estimate of drug-likeness (QED) is 0.278. The van der Waals surface area contributed by atoms with Gasteiger partial charge in [0.1, 0.15) is 12.2 Å². The van der Waals surface area contributed by atoms with Gasteiger partial charge in [-0.25, -0.2) is 0 Å². The van der Waals surface area contributed by atoms with Gasteiger partial charge in [0.2, 0.25) is 5.91 Å². The predicted octanol–water partition coefficient (Wildman–Crippen LogP) is 6.69. The lowest BCUT2D eigenvalue weighted by molar-refractivity contribution is -0.244. The largest absolute Gasteiger partial charge is 0.459 e. The third kappa shape index (κ3) is 4.86. The lowest BCUT2D eigenvalue weighted by Crippen LogP contribution is -2.68. The number of carbonyl (C=O) groups is 3. The molecule has 9 atom stereocenters. The molecule has 0 radical (unpaired) electrons. The summed E-state index contributed by atoms with van der Waals surface area (Å²) in [5, 5.41) is 3.44. The first-order valence-electron chi connectivity index (χ1n) is 18.0. The van der Waals surface area contributed by atoms with Crippen molar-refractivity contribution in [1.82, 2.24) is 10.2 Å². The molecule has 0 bridgehead atoms. The van der Waals surface area contributed by atoms with Crippen molar-refractivity contribution in [2.75, 3.05) is 26.2 Å². The Morgan fingerprint density at radius 3 is 2.11 bits per heavy atom. The van der Waals surface area contributed by atoms with Crippen molar-refractivity contribution in [3.63, 3.8) is 0 Å². The molecular weight excluding hydrogens is 564 g/mol. The summed E-state index contributed by atoms with van der Waals surface area (Å²) in [5.41, 5.74) is 1.14. The summed E-state index contributed by atoms with van der Waals surface area (Å²) in [6.07, 6.45) is 10.8. The molecule has 6 aliphatic rings. The fourth-order valence-electron chi connectivity index (χ4n) is 12.6. The molecule has 5 fully saturated rings. The number of nitrogens with zero attached hydrogens (tertiary/aromatic N) is 1. The van der Waals surface area contributed by atoms with E-state index in [0.29, 0.717) is 24.2 Å². The number of amides is 1. The van der Waals surface area contributed by atoms with E-state index >= 15 is 0 Å². The summed E-state index contributed by atoms with van der Waals surface area (Å²) in [4.78, 5) is 41.4. The number of carbonyl (C=O) groups excluding carboxylic acids is 3. The average molecular weight is 625 g/mol. The molecule has 1 saturated heterocycles. The molecule has 7 nitrogen and oxygen atoms in total. The number of esters is 2. The molecular formula is C38H60N2O5. The fraction of sp³-hybridized carbons (Fsp3) is 0.868. The lowest BCUT2D eigenvalue weighted by Gasteiger charge is -2.71. The maximum atomic E-state index is 14.6. The molecule has 0 spiro atoms. The van der Waals surface area contributed by atoms with E-state index in [2.05, 4.69) is 64.8 Å². The molecule has 1 N–H and O–H groups in total. The van der Waals surface area contributed by atoms with Crippen LogP contribution in [0.25, 0.3) is 0 Å². The average Bonchev–Trinajstić information content (AvgIpc) is 2.95. The Hall–Kier alpha value is -1.89. The molecule has 4 saturated carbocycles. The van der Waals surface area contributed by atoms with Crippen molar-refractivity contribution in [2.45, 2.75) is 132 Å². The SMILES string of the molecule is CC(=O)O[C@@H]1C[C@]2(C)[C@H]3CC=C4[C@@H]5CC(C)(C)CC[C@]5(C(=O)N5CCNCC5)CC[C@@]4(C)[C@]3(C)CC[C@H]2C(C)(C)[C@H]1OC(C)=O. The highest BCUT2D eigenvalue weighted by Gasteiger charge is 2.71. The van der Waals surface area contributed by atoms with E-state index in [9.17, 15) is 14.4 Å². The summed E-state index contributed by atoms with van der Waals surface area (Å²) in [6.45, 7) is 23.2. The number of fused-ring (bicyclic) bond motifs is 7. The standard InChI is InChI=1S/C38H60N2O5/c1-24(41)44-28-23-35(7)29(34(5,6)31(28)45-25(2)42)12-13-37(9)30(35)11-10-26-27-22-33(3,4)14-16-38(27,17-15-36(26,37)8)32(43)40-20-18-39-19-21-40/h10,27-31,39H,11-23H2,1-9H3/t27-,28+,29-,30+,31-,35-,36+,37+,38-/m0/s1. The van der Waals surface area contributed by atoms with Crippen LogP contribution in [0.15, 0.2) is 11.6 Å². The second-order valence-electron chi connectivity index (χ2n) is 18.1. The highest BCUT2D eigenvalue weighted by Crippen LogP contribution is 2.76. The lowest BCUT2D eigenvalue weighted by atomic mass is 9.33. The minimum atomic E-state index is -0.460. The zero-order valence-electron chi connectivity index (χ0n) is 29.6. The van der Waals surface area contributed by atoms with Crippen LogP contribution in [-0.2, 0) is 23.9 Å². The van der Waals surface area contributed by atoms with Gasteiger partial charge in [-0.2, -0.15) is 0 Å². The third-order valence-electron chi connectivity index (χ3n) is 15.0. The van der Waals surface area contributed by atoms with E-state index < -0.39 is 12.2 Å². The Morgan fingerprint density at radius 1 is 0.822 bits per heavy atom. The Kier molecular flexibility index (Phi) is 7.94. The molecule has 0 unspecified atom stereocenters. The fourth-order valence-corrected chi connectivity index (χ4v) is 12.6. The first kappa shape index (κ1) is 33.0. The molecule has 1 aliphatic heterocycles. The molecule has 252 valence electrons. The van der Waals surface area contributed by atoms with Crippen LogP contribution in [-0.4, -0.2) is 61.1 Å². The van der Waals surface area contributed by atoms with E-state index in [0.717, 1.165) is 77.5 Å². The van der Waals surface area contributed by atoms with Crippen molar-refractivity contribution in [3.8, 4) is 0 Å². The Morgan fingerprint density at radius 2 is 1.47 bits per heavy atom. The molecule has 0 aromatic carbocycles. The number of hydrogen-bond donors (Lipinski definition) is 1. The van der Waals surface area contributed by atoms with Gasteiger partial charge in [-0.1, -0.05) is 60.1 Å². The number of nitrogens with one attached hydrogen (secondary N) is 1. The first-order valence-corrected chi connectivity index (χ1v) is 18.0. The molecule has 6 rings (SSSR count). The summed E-state index contributed by atoms with van der Waals surface area (Å²) in [6, 6.07) is 0. The van der Waals surface area contributed by atoms with Crippen LogP contribution in [0.3, 0.4) is 0 Å². The topological polar surface area (TPSA) is 84.9 Å². The van der Waals surface area contributed by atoms with Crippen LogP contribution in [0.4, 0.5) is 0 Å². The Labute approximate surface area is 272 Å². The van der Waals surface area contributed by atoms with E-state index in [1.54, 1.807) is 5.57 Å². The number of ether oxygens (including phenoxy) is 2. The highest BCUT2D eigenvalue weighted by molar-refractivity contribution is 5.84. The van der Waals surface area contributed by atoms with Crippen LogP contribution in [0.2, 0.25) is 0 Å². The number of piperazine rings is 1. The van der Waals surface area contributed by atoms with Crippen LogP contribution >= 0.6 is 0 Å². The van der Waals surface area contributed by atoms with Crippen LogP contribution in [0.1, 0.15) is 120 Å². The van der Waals surface area contributed by atoms with Gasteiger partial charge < -0.3 is 19.7 Å². The molecule has 45 heavy (non-hydrogen) atoms. The van der Waals surface area contributed by atoms with Gasteiger partial charge in [-0.05, 0) is 97.2 Å². The molecule has 0 aromatic heterocycles. The summed E-state index contributed by atoms with van der Waals surface area (Å²) >= 11 is 0. The molecule has 0 aromatic rings. The van der Waals surface area contributed by atoms with Crippen molar-refractivity contribution in [1.29, 1.82) is 0 Å². The van der Waals surface area contributed by atoms with Gasteiger partial charge >= 0.3 is 11.9 Å². The minimum Gasteiger partial charge on any atom is -0.459 e. The second-order valence-corrected chi connectivity index (χ2v) is 18.1. The van der Waals surface area contributed by atoms with Gasteiger partial charge in [0.05, 0.1) is 5.41 Å². The summed E-state index contributed by atoms with van der Waals surface area (Å²) in [5.74, 6) is 0.818.